The first-order chi connectivity index (χ1) is 6.51. The fraction of sp³-hybridized carbons (Fsp3) is 0.727. The minimum atomic E-state index is -0.879. The lowest BCUT2D eigenvalue weighted by atomic mass is 9.92. The molecular weight excluding hydrogens is 180 g/mol. The maximum Gasteiger partial charge on any atom is 0.175 e. The van der Waals surface area contributed by atoms with Crippen LogP contribution in [-0.2, 0) is 14.3 Å². The van der Waals surface area contributed by atoms with Crippen LogP contribution >= 0.6 is 0 Å². The van der Waals surface area contributed by atoms with Crippen molar-refractivity contribution in [2.75, 3.05) is 14.2 Å². The van der Waals surface area contributed by atoms with Gasteiger partial charge in [-0.2, -0.15) is 0 Å². The second-order valence-electron chi connectivity index (χ2n) is 3.22. The molecule has 0 saturated carbocycles. The van der Waals surface area contributed by atoms with E-state index in [1.807, 2.05) is 0 Å². The molecule has 0 aromatic heterocycles. The molecule has 0 saturated heterocycles. The highest BCUT2D eigenvalue weighted by Gasteiger charge is 2.36. The van der Waals surface area contributed by atoms with Crippen molar-refractivity contribution in [3.63, 3.8) is 0 Å². The molecule has 14 heavy (non-hydrogen) atoms. The molecule has 0 aliphatic carbocycles. The van der Waals surface area contributed by atoms with Crippen molar-refractivity contribution in [2.45, 2.75) is 33.0 Å². The molecule has 0 radical (unpaired) electrons. The molecule has 1 unspecified atom stereocenters. The second kappa shape index (κ2) is 5.79. The highest BCUT2D eigenvalue weighted by Crippen LogP contribution is 2.25. The Morgan fingerprint density at radius 1 is 1.43 bits per heavy atom. The van der Waals surface area contributed by atoms with Gasteiger partial charge in [0.25, 0.3) is 0 Å². The summed E-state index contributed by atoms with van der Waals surface area (Å²) in [6.07, 6.45) is 0.462. The van der Waals surface area contributed by atoms with Crippen LogP contribution in [0.4, 0.5) is 0 Å². The topological polar surface area (TPSA) is 35.5 Å². The third-order valence-electron chi connectivity index (χ3n) is 2.42. The summed E-state index contributed by atoms with van der Waals surface area (Å²) in [5.74, 6) is 4.44. The molecule has 3 nitrogen and oxygen atoms in total. The van der Waals surface area contributed by atoms with Crippen LogP contribution in [0.5, 0.6) is 0 Å². The van der Waals surface area contributed by atoms with Gasteiger partial charge in [0.1, 0.15) is 5.78 Å². The minimum Gasteiger partial charge on any atom is -0.353 e. The number of carbonyl (C=O) groups excluding carboxylic acids is 1. The molecule has 0 bridgehead atoms. The summed E-state index contributed by atoms with van der Waals surface area (Å²) in [7, 11) is 3.05. The van der Waals surface area contributed by atoms with E-state index in [0.29, 0.717) is 6.42 Å². The number of Topliss-reactive ketones (excluding diaryl/α,β-unsaturated/α-hetero) is 1. The van der Waals surface area contributed by atoms with Crippen LogP contribution in [0.2, 0.25) is 0 Å². The van der Waals surface area contributed by atoms with Crippen molar-refractivity contribution in [3.8, 4) is 11.8 Å². The Kier molecular flexibility index (Phi) is 5.44. The monoisotopic (exact) mass is 198 g/mol. The Hall–Kier alpha value is -0.850. The molecule has 0 fully saturated rings. The number of rotatable bonds is 5. The Labute approximate surface area is 85.8 Å². The fourth-order valence-electron chi connectivity index (χ4n) is 1.27. The Bertz CT molecular complexity index is 243. The van der Waals surface area contributed by atoms with E-state index in [4.69, 9.17) is 9.47 Å². The van der Waals surface area contributed by atoms with E-state index in [0.717, 1.165) is 0 Å². The van der Waals surface area contributed by atoms with Crippen LogP contribution < -0.4 is 0 Å². The number of ketones is 1. The van der Waals surface area contributed by atoms with Crippen LogP contribution in [0.3, 0.4) is 0 Å². The highest BCUT2D eigenvalue weighted by atomic mass is 16.7. The summed E-state index contributed by atoms with van der Waals surface area (Å²) < 4.78 is 10.4. The van der Waals surface area contributed by atoms with Gasteiger partial charge in [0.15, 0.2) is 5.79 Å². The average molecular weight is 198 g/mol. The Morgan fingerprint density at radius 3 is 2.21 bits per heavy atom. The summed E-state index contributed by atoms with van der Waals surface area (Å²) >= 11 is 0. The molecule has 0 aliphatic rings. The second-order valence-corrected chi connectivity index (χ2v) is 3.22. The summed E-state index contributed by atoms with van der Waals surface area (Å²) in [6.45, 7) is 5.02. The van der Waals surface area contributed by atoms with Crippen molar-refractivity contribution < 1.29 is 14.3 Å². The average Bonchev–Trinajstić information content (AvgIpc) is 2.17. The van der Waals surface area contributed by atoms with Gasteiger partial charge in [0.2, 0.25) is 0 Å². The molecule has 80 valence electrons. The fourth-order valence-corrected chi connectivity index (χ4v) is 1.27. The lowest BCUT2D eigenvalue weighted by Gasteiger charge is -2.32. The van der Waals surface area contributed by atoms with Crippen molar-refractivity contribution in [1.29, 1.82) is 0 Å². The third kappa shape index (κ3) is 3.13. The zero-order chi connectivity index (χ0) is 11.2. The smallest absolute Gasteiger partial charge is 0.175 e. The highest BCUT2D eigenvalue weighted by molar-refractivity contribution is 5.79. The van der Waals surface area contributed by atoms with Crippen molar-refractivity contribution in [2.24, 2.45) is 5.92 Å². The molecule has 0 aliphatic heterocycles. The molecule has 0 rings (SSSR count). The van der Waals surface area contributed by atoms with Gasteiger partial charge in [-0.05, 0) is 20.8 Å². The number of ether oxygens (including phenoxy) is 2. The molecule has 1 atom stereocenters. The van der Waals surface area contributed by atoms with Crippen LogP contribution in [0.25, 0.3) is 0 Å². The van der Waals surface area contributed by atoms with Crippen LogP contribution in [0.1, 0.15) is 27.2 Å². The SMILES string of the molecule is CC#CCC(C(C)=O)C(C)(OC)OC. The van der Waals surface area contributed by atoms with E-state index >= 15 is 0 Å². The first-order valence-electron chi connectivity index (χ1n) is 4.52. The zero-order valence-corrected chi connectivity index (χ0v) is 9.51. The van der Waals surface area contributed by atoms with E-state index < -0.39 is 5.79 Å². The van der Waals surface area contributed by atoms with Gasteiger partial charge < -0.3 is 9.47 Å². The number of hydrogen-bond donors (Lipinski definition) is 0. The molecule has 0 spiro atoms. The zero-order valence-electron chi connectivity index (χ0n) is 9.51. The number of hydrogen-bond acceptors (Lipinski definition) is 3. The lowest BCUT2D eigenvalue weighted by Crippen LogP contribution is -2.42. The standard InChI is InChI=1S/C11H18O3/c1-6-7-8-10(9(2)12)11(3,13-4)14-5/h10H,8H2,1-5H3. The van der Waals surface area contributed by atoms with Crippen LogP contribution in [0.15, 0.2) is 0 Å². The van der Waals surface area contributed by atoms with Crippen molar-refractivity contribution in [1.82, 2.24) is 0 Å². The van der Waals surface area contributed by atoms with E-state index in [2.05, 4.69) is 11.8 Å². The lowest BCUT2D eigenvalue weighted by molar-refractivity contribution is -0.223. The van der Waals surface area contributed by atoms with E-state index in [-0.39, 0.29) is 11.7 Å². The Morgan fingerprint density at radius 2 is 1.93 bits per heavy atom. The van der Waals surface area contributed by atoms with Crippen LogP contribution in [0, 0.1) is 17.8 Å². The molecule has 0 aromatic rings. The minimum absolute atomic E-state index is 0.0268. The molecule has 0 aromatic carbocycles. The molecular formula is C11H18O3. The maximum absolute atomic E-state index is 11.4. The van der Waals surface area contributed by atoms with E-state index in [1.54, 1.807) is 13.8 Å². The first kappa shape index (κ1) is 13.2. The Balaban J connectivity index is 4.75. The van der Waals surface area contributed by atoms with Crippen molar-refractivity contribution >= 4 is 5.78 Å². The molecule has 3 heteroatoms. The summed E-state index contributed by atoms with van der Waals surface area (Å²) in [6, 6.07) is 0. The van der Waals surface area contributed by atoms with E-state index in [1.165, 1.54) is 21.1 Å². The van der Waals surface area contributed by atoms with Gasteiger partial charge in [0, 0.05) is 20.6 Å². The first-order valence-corrected chi connectivity index (χ1v) is 4.52. The van der Waals surface area contributed by atoms with Gasteiger partial charge in [-0.1, -0.05) is 0 Å². The van der Waals surface area contributed by atoms with Crippen LogP contribution in [-0.4, -0.2) is 25.8 Å². The van der Waals surface area contributed by atoms with Crippen molar-refractivity contribution in [3.05, 3.63) is 0 Å². The van der Waals surface area contributed by atoms with Gasteiger partial charge in [-0.3, -0.25) is 4.79 Å². The van der Waals surface area contributed by atoms with E-state index in [9.17, 15) is 4.79 Å². The number of carbonyl (C=O) groups is 1. The third-order valence-corrected chi connectivity index (χ3v) is 2.42. The molecule has 0 amide bonds. The predicted molar refractivity (Wildman–Crippen MR) is 54.7 cm³/mol. The largest absolute Gasteiger partial charge is 0.353 e. The summed E-state index contributed by atoms with van der Waals surface area (Å²) in [5.41, 5.74) is 0. The molecule has 0 N–H and O–H groups in total. The maximum atomic E-state index is 11.4. The van der Waals surface area contributed by atoms with Gasteiger partial charge in [-0.15, -0.1) is 11.8 Å². The summed E-state index contributed by atoms with van der Waals surface area (Å²) in [4.78, 5) is 11.4. The van der Waals surface area contributed by atoms with Gasteiger partial charge in [-0.25, -0.2) is 0 Å². The van der Waals surface area contributed by atoms with Gasteiger partial charge >= 0.3 is 0 Å². The predicted octanol–water partition coefficient (Wildman–Crippen LogP) is 1.61. The summed E-state index contributed by atoms with van der Waals surface area (Å²) in [5, 5.41) is 0. The quantitative estimate of drug-likeness (QED) is 0.497. The molecule has 0 heterocycles. The normalized spacial score (nSPS) is 12.9. The number of methoxy groups -OCH3 is 2. The van der Waals surface area contributed by atoms with Gasteiger partial charge in [0.05, 0.1) is 5.92 Å².